The number of carbonyl (C=O) groups is 1. The van der Waals surface area contributed by atoms with Crippen molar-refractivity contribution in [3.63, 3.8) is 0 Å². The predicted octanol–water partition coefficient (Wildman–Crippen LogP) is 2.80. The van der Waals surface area contributed by atoms with Crippen molar-refractivity contribution >= 4 is 6.03 Å². The van der Waals surface area contributed by atoms with Gasteiger partial charge in [0, 0.05) is 25.3 Å². The highest BCUT2D eigenvalue weighted by Gasteiger charge is 2.28. The molecule has 1 aliphatic heterocycles. The van der Waals surface area contributed by atoms with Crippen molar-refractivity contribution in [1.29, 1.82) is 0 Å². The van der Waals surface area contributed by atoms with E-state index in [1.54, 1.807) is 7.11 Å². The molecule has 2 amide bonds. The number of nitrogens with one attached hydrogen (secondary N) is 1. The monoisotopic (exact) mass is 336 g/mol. The van der Waals surface area contributed by atoms with Gasteiger partial charge >= 0.3 is 6.03 Å². The molecule has 0 bridgehead atoms. The average Bonchev–Trinajstić information content (AvgIpc) is 3.07. The second-order valence-corrected chi connectivity index (χ2v) is 5.69. The number of hydrogen-bond donors (Lipinski definition) is 1. The summed E-state index contributed by atoms with van der Waals surface area (Å²) in [7, 11) is 1.61. The number of para-hydroxylation sites is 1. The number of likely N-dealkylation sites (tertiary alicyclic amines) is 1. The first-order valence-corrected chi connectivity index (χ1v) is 8.62. The summed E-state index contributed by atoms with van der Waals surface area (Å²) in [5.74, 6) is 1.37. The lowest BCUT2D eigenvalue weighted by molar-refractivity contribution is 0.0939. The van der Waals surface area contributed by atoms with Gasteiger partial charge in [-0.2, -0.15) is 0 Å². The third-order valence-electron chi connectivity index (χ3n) is 4.15. The number of ether oxygens (including phenoxy) is 3. The molecule has 1 fully saturated rings. The molecule has 0 aliphatic carbocycles. The Labute approximate surface area is 144 Å². The summed E-state index contributed by atoms with van der Waals surface area (Å²) in [6.45, 7) is 6.91. The minimum Gasteiger partial charge on any atom is -0.493 e. The van der Waals surface area contributed by atoms with Crippen LogP contribution in [0.1, 0.15) is 32.3 Å². The Bertz CT molecular complexity index is 536. The van der Waals surface area contributed by atoms with Gasteiger partial charge in [-0.25, -0.2) is 4.79 Å². The van der Waals surface area contributed by atoms with Crippen molar-refractivity contribution in [2.24, 2.45) is 0 Å². The second kappa shape index (κ2) is 9.37. The molecule has 2 rings (SSSR count). The summed E-state index contributed by atoms with van der Waals surface area (Å²) in [4.78, 5) is 14.4. The van der Waals surface area contributed by atoms with Crippen LogP contribution in [-0.2, 0) is 11.3 Å². The van der Waals surface area contributed by atoms with E-state index >= 15 is 0 Å². The van der Waals surface area contributed by atoms with Crippen LogP contribution in [0.25, 0.3) is 0 Å². The Hall–Kier alpha value is -1.95. The van der Waals surface area contributed by atoms with Gasteiger partial charge in [0.1, 0.15) is 0 Å². The average molecular weight is 336 g/mol. The molecule has 1 atom stereocenters. The van der Waals surface area contributed by atoms with Crippen molar-refractivity contribution in [2.75, 3.05) is 33.5 Å². The van der Waals surface area contributed by atoms with Crippen LogP contribution in [0.4, 0.5) is 4.79 Å². The SMILES string of the molecule is CCOCC1CCCN1C(=O)NCc1cccc(OC)c1OCC. The Balaban J connectivity index is 1.98. The maximum Gasteiger partial charge on any atom is 0.317 e. The molecule has 1 aliphatic rings. The van der Waals surface area contributed by atoms with E-state index in [1.807, 2.05) is 36.9 Å². The summed E-state index contributed by atoms with van der Waals surface area (Å²) in [6.07, 6.45) is 2.02. The summed E-state index contributed by atoms with van der Waals surface area (Å²) in [6, 6.07) is 5.81. The quantitative estimate of drug-likeness (QED) is 0.793. The number of urea groups is 1. The molecule has 1 heterocycles. The minimum absolute atomic E-state index is 0.0533. The number of amides is 2. The summed E-state index contributed by atoms with van der Waals surface area (Å²) in [5.41, 5.74) is 0.908. The van der Waals surface area contributed by atoms with Crippen LogP contribution in [0.2, 0.25) is 0 Å². The lowest BCUT2D eigenvalue weighted by Crippen LogP contribution is -2.44. The first-order valence-electron chi connectivity index (χ1n) is 8.62. The number of nitrogens with zero attached hydrogens (tertiary/aromatic N) is 1. The lowest BCUT2D eigenvalue weighted by Gasteiger charge is -2.25. The van der Waals surface area contributed by atoms with E-state index in [2.05, 4.69) is 5.32 Å². The molecule has 24 heavy (non-hydrogen) atoms. The molecule has 1 aromatic carbocycles. The maximum atomic E-state index is 12.5. The van der Waals surface area contributed by atoms with E-state index in [9.17, 15) is 4.79 Å². The Morgan fingerprint density at radius 2 is 2.17 bits per heavy atom. The van der Waals surface area contributed by atoms with Crippen LogP contribution in [0.3, 0.4) is 0 Å². The molecule has 0 aromatic heterocycles. The zero-order valence-corrected chi connectivity index (χ0v) is 14.8. The Kier molecular flexibility index (Phi) is 7.18. The maximum absolute atomic E-state index is 12.5. The van der Waals surface area contributed by atoms with E-state index in [4.69, 9.17) is 14.2 Å². The van der Waals surface area contributed by atoms with E-state index in [0.29, 0.717) is 37.9 Å². The third kappa shape index (κ3) is 4.54. The van der Waals surface area contributed by atoms with Gasteiger partial charge in [0.05, 0.1) is 26.4 Å². The number of methoxy groups -OCH3 is 1. The van der Waals surface area contributed by atoms with Crippen molar-refractivity contribution in [3.05, 3.63) is 23.8 Å². The number of rotatable bonds is 8. The largest absolute Gasteiger partial charge is 0.493 e. The molecule has 0 saturated carbocycles. The molecule has 1 saturated heterocycles. The molecule has 0 radical (unpaired) electrons. The van der Waals surface area contributed by atoms with Gasteiger partial charge in [-0.05, 0) is 32.8 Å². The fraction of sp³-hybridized carbons (Fsp3) is 0.611. The molecule has 134 valence electrons. The predicted molar refractivity (Wildman–Crippen MR) is 92.6 cm³/mol. The van der Waals surface area contributed by atoms with E-state index < -0.39 is 0 Å². The Morgan fingerprint density at radius 1 is 1.33 bits per heavy atom. The lowest BCUT2D eigenvalue weighted by atomic mass is 10.2. The number of hydrogen-bond acceptors (Lipinski definition) is 4. The van der Waals surface area contributed by atoms with Crippen LogP contribution < -0.4 is 14.8 Å². The fourth-order valence-electron chi connectivity index (χ4n) is 2.97. The molecular formula is C18H28N2O4. The molecule has 1 aromatic rings. The van der Waals surface area contributed by atoms with Gasteiger partial charge < -0.3 is 24.4 Å². The minimum atomic E-state index is -0.0533. The van der Waals surface area contributed by atoms with Gasteiger partial charge in [0.2, 0.25) is 0 Å². The number of benzene rings is 1. The highest BCUT2D eigenvalue weighted by atomic mass is 16.5. The number of carbonyl (C=O) groups excluding carboxylic acids is 1. The highest BCUT2D eigenvalue weighted by Crippen LogP contribution is 2.31. The van der Waals surface area contributed by atoms with Crippen LogP contribution in [-0.4, -0.2) is 50.4 Å². The van der Waals surface area contributed by atoms with Crippen LogP contribution in [0.5, 0.6) is 11.5 Å². The molecule has 6 nitrogen and oxygen atoms in total. The van der Waals surface area contributed by atoms with Crippen molar-refractivity contribution in [1.82, 2.24) is 10.2 Å². The van der Waals surface area contributed by atoms with E-state index in [-0.39, 0.29) is 12.1 Å². The summed E-state index contributed by atoms with van der Waals surface area (Å²) in [5, 5.41) is 2.99. The van der Waals surface area contributed by atoms with Gasteiger partial charge in [-0.15, -0.1) is 0 Å². The van der Waals surface area contributed by atoms with Crippen LogP contribution in [0, 0.1) is 0 Å². The third-order valence-corrected chi connectivity index (χ3v) is 4.15. The first-order chi connectivity index (χ1) is 11.7. The zero-order valence-electron chi connectivity index (χ0n) is 14.8. The normalized spacial score (nSPS) is 17.0. The Morgan fingerprint density at radius 3 is 2.88 bits per heavy atom. The van der Waals surface area contributed by atoms with Crippen LogP contribution in [0.15, 0.2) is 18.2 Å². The van der Waals surface area contributed by atoms with E-state index in [0.717, 1.165) is 24.9 Å². The van der Waals surface area contributed by atoms with Gasteiger partial charge in [0.25, 0.3) is 0 Å². The molecule has 0 spiro atoms. The van der Waals surface area contributed by atoms with E-state index in [1.165, 1.54) is 0 Å². The smallest absolute Gasteiger partial charge is 0.317 e. The molecule has 1 unspecified atom stereocenters. The van der Waals surface area contributed by atoms with Crippen molar-refractivity contribution in [3.8, 4) is 11.5 Å². The molecular weight excluding hydrogens is 308 g/mol. The highest BCUT2D eigenvalue weighted by molar-refractivity contribution is 5.75. The standard InChI is InChI=1S/C18H28N2O4/c1-4-23-13-15-9-7-11-20(15)18(21)19-12-14-8-6-10-16(22-3)17(14)24-5-2/h6,8,10,15H,4-5,7,9,11-13H2,1-3H3,(H,19,21). The zero-order chi connectivity index (χ0) is 17.4. The summed E-state index contributed by atoms with van der Waals surface area (Å²) < 4.78 is 16.5. The van der Waals surface area contributed by atoms with Gasteiger partial charge in [0.15, 0.2) is 11.5 Å². The van der Waals surface area contributed by atoms with Crippen LogP contribution >= 0.6 is 0 Å². The molecule has 6 heteroatoms. The van der Waals surface area contributed by atoms with Crippen molar-refractivity contribution in [2.45, 2.75) is 39.3 Å². The second-order valence-electron chi connectivity index (χ2n) is 5.69. The topological polar surface area (TPSA) is 60.0 Å². The van der Waals surface area contributed by atoms with Crippen molar-refractivity contribution < 1.29 is 19.0 Å². The van der Waals surface area contributed by atoms with Gasteiger partial charge in [-0.1, -0.05) is 12.1 Å². The fourth-order valence-corrected chi connectivity index (χ4v) is 2.97. The molecule has 1 N–H and O–H groups in total. The van der Waals surface area contributed by atoms with Gasteiger partial charge in [-0.3, -0.25) is 0 Å². The first kappa shape index (κ1) is 18.4. The summed E-state index contributed by atoms with van der Waals surface area (Å²) >= 11 is 0.